The molecule has 206 valence electrons. The van der Waals surface area contributed by atoms with Crippen molar-refractivity contribution in [3.05, 3.63) is 92.6 Å². The van der Waals surface area contributed by atoms with Crippen molar-refractivity contribution in [2.75, 3.05) is 0 Å². The molecule has 1 aliphatic rings. The van der Waals surface area contributed by atoms with Gasteiger partial charge in [-0.15, -0.1) is 0 Å². The maximum Gasteiger partial charge on any atom is 0.439 e. The molecule has 0 radical (unpaired) electrons. The molecule has 1 aliphatic carbocycles. The Labute approximate surface area is 229 Å². The van der Waals surface area contributed by atoms with Crippen LogP contribution in [0.3, 0.4) is 0 Å². The fraction of sp³-hybridized carbons (Fsp3) is 0.345. The number of hydrogen-bond acceptors (Lipinski definition) is 8. The van der Waals surface area contributed by atoms with Gasteiger partial charge in [0.25, 0.3) is 5.56 Å². The first-order valence-corrected chi connectivity index (χ1v) is 13.6. The van der Waals surface area contributed by atoms with Gasteiger partial charge in [0.2, 0.25) is 5.78 Å². The van der Waals surface area contributed by atoms with Crippen molar-refractivity contribution in [3.63, 3.8) is 0 Å². The van der Waals surface area contributed by atoms with E-state index in [2.05, 4.69) is 27.1 Å². The van der Waals surface area contributed by atoms with Crippen molar-refractivity contribution in [3.8, 4) is 22.5 Å². The molecule has 0 saturated heterocycles. The van der Waals surface area contributed by atoms with Crippen LogP contribution in [0.4, 0.5) is 0 Å². The summed E-state index contributed by atoms with van der Waals surface area (Å²) < 4.78 is 8.38. The van der Waals surface area contributed by atoms with Crippen molar-refractivity contribution in [1.29, 1.82) is 0 Å². The summed E-state index contributed by atoms with van der Waals surface area (Å²) >= 11 is 0. The Bertz CT molecular complexity index is 1740. The predicted molar refractivity (Wildman–Crippen MR) is 149 cm³/mol. The second-order valence-corrected chi connectivity index (χ2v) is 10.3. The third-order valence-electron chi connectivity index (χ3n) is 7.78. The number of rotatable bonds is 8. The SMILES string of the molecule is CCCc1c(Cc2ccc(-c3ccccc3-c3noc(=O)[nH]3)cc2)c(=O)n(C2CCC(ON)CC2)c2ncnn12. The second kappa shape index (κ2) is 11.0. The first kappa shape index (κ1) is 25.9. The monoisotopic (exact) mass is 541 g/mol. The summed E-state index contributed by atoms with van der Waals surface area (Å²) in [6, 6.07) is 15.8. The standard InChI is InChI=1S/C29H31N7O4/c1-2-5-25-24(27(37)35(28-31-17-32-36(25)28)20-12-14-21(39-30)15-13-20)16-18-8-10-19(11-9-18)22-6-3-4-7-23(22)26-33-29(38)40-34-26/h3-4,6-11,17,20-21H,2,5,12-16,30H2,1H3,(H,33,34,38). The first-order chi connectivity index (χ1) is 19.6. The summed E-state index contributed by atoms with van der Waals surface area (Å²) in [5.41, 5.74) is 5.28. The van der Waals surface area contributed by atoms with Crippen LogP contribution in [0.15, 0.2) is 69.0 Å². The maximum absolute atomic E-state index is 14.1. The summed E-state index contributed by atoms with van der Waals surface area (Å²) in [5, 5.41) is 8.38. The lowest BCUT2D eigenvalue weighted by Crippen LogP contribution is -2.35. The molecule has 11 heteroatoms. The summed E-state index contributed by atoms with van der Waals surface area (Å²) in [4.78, 5) is 37.8. The summed E-state index contributed by atoms with van der Waals surface area (Å²) in [6.07, 6.45) is 6.80. The number of hydrogen-bond donors (Lipinski definition) is 2. The Hall–Kier alpha value is -4.35. The molecule has 3 heterocycles. The minimum atomic E-state index is -0.598. The number of aryl methyl sites for hydroxylation is 1. The number of nitrogens with two attached hydrogens (primary N) is 1. The van der Waals surface area contributed by atoms with Crippen molar-refractivity contribution < 1.29 is 9.36 Å². The molecule has 6 rings (SSSR count). The van der Waals surface area contributed by atoms with Crippen LogP contribution in [-0.4, -0.2) is 35.4 Å². The Morgan fingerprint density at radius 3 is 2.48 bits per heavy atom. The summed E-state index contributed by atoms with van der Waals surface area (Å²) in [5.74, 6) is 5.79. The molecule has 11 nitrogen and oxygen atoms in total. The average molecular weight is 542 g/mol. The number of aromatic amines is 1. The van der Waals surface area contributed by atoms with Crippen LogP contribution in [0, 0.1) is 0 Å². The van der Waals surface area contributed by atoms with Gasteiger partial charge in [-0.2, -0.15) is 10.1 Å². The van der Waals surface area contributed by atoms with Gasteiger partial charge >= 0.3 is 5.76 Å². The third-order valence-corrected chi connectivity index (χ3v) is 7.78. The van der Waals surface area contributed by atoms with Gasteiger partial charge in [-0.1, -0.05) is 67.0 Å². The Morgan fingerprint density at radius 1 is 1.05 bits per heavy atom. The number of nitrogens with zero attached hydrogens (tertiary/aromatic N) is 5. The summed E-state index contributed by atoms with van der Waals surface area (Å²) in [6.45, 7) is 2.10. The van der Waals surface area contributed by atoms with E-state index in [0.29, 0.717) is 18.0 Å². The van der Waals surface area contributed by atoms with Gasteiger partial charge < -0.3 is 4.84 Å². The van der Waals surface area contributed by atoms with E-state index in [1.165, 1.54) is 6.33 Å². The zero-order valence-electron chi connectivity index (χ0n) is 22.2. The molecule has 3 N–H and O–H groups in total. The second-order valence-electron chi connectivity index (χ2n) is 10.3. The van der Waals surface area contributed by atoms with Crippen LogP contribution in [0.1, 0.15) is 61.9 Å². The summed E-state index contributed by atoms with van der Waals surface area (Å²) in [7, 11) is 0. The maximum atomic E-state index is 14.1. The van der Waals surface area contributed by atoms with E-state index in [4.69, 9.17) is 15.3 Å². The van der Waals surface area contributed by atoms with E-state index < -0.39 is 5.76 Å². The molecule has 1 fully saturated rings. The van der Waals surface area contributed by atoms with Crippen molar-refractivity contribution in [2.24, 2.45) is 5.90 Å². The van der Waals surface area contributed by atoms with Gasteiger partial charge in [-0.25, -0.2) is 15.2 Å². The fourth-order valence-corrected chi connectivity index (χ4v) is 5.81. The molecule has 0 unspecified atom stereocenters. The third kappa shape index (κ3) is 4.78. The van der Waals surface area contributed by atoms with E-state index in [1.807, 2.05) is 57.6 Å². The highest BCUT2D eigenvalue weighted by Gasteiger charge is 2.28. The van der Waals surface area contributed by atoms with E-state index >= 15 is 0 Å². The van der Waals surface area contributed by atoms with Gasteiger partial charge in [-0.05, 0) is 48.8 Å². The van der Waals surface area contributed by atoms with Gasteiger partial charge in [0, 0.05) is 23.6 Å². The molecule has 40 heavy (non-hydrogen) atoms. The molecule has 0 aliphatic heterocycles. The van der Waals surface area contributed by atoms with E-state index in [9.17, 15) is 9.59 Å². The smallest absolute Gasteiger partial charge is 0.301 e. The highest BCUT2D eigenvalue weighted by atomic mass is 16.6. The lowest BCUT2D eigenvalue weighted by atomic mass is 9.92. The Balaban J connectivity index is 1.37. The normalized spacial score (nSPS) is 17.4. The molecule has 0 bridgehead atoms. The van der Waals surface area contributed by atoms with Gasteiger partial charge in [0.05, 0.1) is 11.8 Å². The average Bonchev–Trinajstić information content (AvgIpc) is 3.65. The number of nitrogens with one attached hydrogen (secondary N) is 1. The van der Waals surface area contributed by atoms with Crippen molar-refractivity contribution in [1.82, 2.24) is 29.3 Å². The van der Waals surface area contributed by atoms with E-state index in [-0.39, 0.29) is 17.7 Å². The number of H-pyrrole nitrogens is 1. The van der Waals surface area contributed by atoms with Gasteiger partial charge in [-0.3, -0.25) is 18.9 Å². The predicted octanol–water partition coefficient (Wildman–Crippen LogP) is 3.82. The molecule has 3 aromatic heterocycles. The molecule has 1 saturated carbocycles. The van der Waals surface area contributed by atoms with Gasteiger partial charge in [0.15, 0.2) is 5.82 Å². The molecule has 0 atom stereocenters. The van der Waals surface area contributed by atoms with Crippen molar-refractivity contribution in [2.45, 2.75) is 64.0 Å². The molecule has 0 amide bonds. The molecule has 5 aromatic rings. The van der Waals surface area contributed by atoms with E-state index in [1.54, 1.807) is 0 Å². The van der Waals surface area contributed by atoms with Crippen LogP contribution >= 0.6 is 0 Å². The largest absolute Gasteiger partial charge is 0.439 e. The molecule has 2 aromatic carbocycles. The van der Waals surface area contributed by atoms with Crippen molar-refractivity contribution >= 4 is 5.78 Å². The van der Waals surface area contributed by atoms with Crippen LogP contribution in [0.25, 0.3) is 28.3 Å². The van der Waals surface area contributed by atoms with Crippen LogP contribution < -0.4 is 17.2 Å². The molecular weight excluding hydrogens is 510 g/mol. The lowest BCUT2D eigenvalue weighted by molar-refractivity contribution is 0.0186. The number of fused-ring (bicyclic) bond motifs is 1. The van der Waals surface area contributed by atoms with Gasteiger partial charge in [0.1, 0.15) is 6.33 Å². The molecular formula is C29H31N7O4. The zero-order chi connectivity index (χ0) is 27.6. The Kier molecular flexibility index (Phi) is 7.14. The topological polar surface area (TPSA) is 146 Å². The minimum Gasteiger partial charge on any atom is -0.301 e. The van der Waals surface area contributed by atoms with Crippen LogP contribution in [-0.2, 0) is 17.7 Å². The number of benzene rings is 2. The zero-order valence-corrected chi connectivity index (χ0v) is 22.2. The van der Waals surface area contributed by atoms with E-state index in [0.717, 1.165) is 72.0 Å². The quantitative estimate of drug-likeness (QED) is 0.282. The minimum absolute atomic E-state index is 0.00882. The van der Waals surface area contributed by atoms with Crippen LogP contribution in [0.5, 0.6) is 0 Å². The Morgan fingerprint density at radius 2 is 1.80 bits per heavy atom. The lowest BCUT2D eigenvalue weighted by Gasteiger charge is -2.29. The first-order valence-electron chi connectivity index (χ1n) is 13.6. The number of aromatic nitrogens is 6. The highest BCUT2D eigenvalue weighted by Crippen LogP contribution is 2.32. The van der Waals surface area contributed by atoms with Crippen LogP contribution in [0.2, 0.25) is 0 Å². The fourth-order valence-electron chi connectivity index (χ4n) is 5.81. The molecule has 0 spiro atoms. The highest BCUT2D eigenvalue weighted by molar-refractivity contribution is 5.80.